The molecule has 7 nitrogen and oxygen atoms in total. The number of carbonyl (C=O) groups excluding carboxylic acids is 1. The number of nitrogens with zero attached hydrogens (tertiary/aromatic N) is 1. The Morgan fingerprint density at radius 2 is 2.15 bits per heavy atom. The van der Waals surface area contributed by atoms with Crippen molar-refractivity contribution in [1.29, 1.82) is 0 Å². The molecule has 27 heavy (non-hydrogen) atoms. The first kappa shape index (κ1) is 19.9. The van der Waals surface area contributed by atoms with E-state index in [0.717, 1.165) is 53.8 Å². The van der Waals surface area contributed by atoms with Gasteiger partial charge in [-0.2, -0.15) is 4.72 Å². The summed E-state index contributed by atoms with van der Waals surface area (Å²) in [6.07, 6.45) is 4.68. The van der Waals surface area contributed by atoms with E-state index in [0.29, 0.717) is 0 Å². The maximum Gasteiger partial charge on any atom is 0.270 e. The highest BCUT2D eigenvalue weighted by Crippen LogP contribution is 2.32. The molecule has 2 aromatic rings. The molecular formula is C18H23N3O4S2. The zero-order chi connectivity index (χ0) is 19.7. The molecule has 1 amide bonds. The van der Waals surface area contributed by atoms with Crippen LogP contribution in [0, 0.1) is 0 Å². The number of amides is 1. The number of aromatic nitrogens is 1. The van der Waals surface area contributed by atoms with Crippen molar-refractivity contribution in [3.63, 3.8) is 0 Å². The summed E-state index contributed by atoms with van der Waals surface area (Å²) >= 11 is 0.937. The Morgan fingerprint density at radius 1 is 1.37 bits per heavy atom. The largest absolute Gasteiger partial charge is 0.375 e. The summed E-state index contributed by atoms with van der Waals surface area (Å²) in [6, 6.07) is 4.12. The van der Waals surface area contributed by atoms with Crippen molar-refractivity contribution in [3.8, 4) is 0 Å². The van der Waals surface area contributed by atoms with Crippen LogP contribution in [0.15, 0.2) is 28.0 Å². The topological polar surface area (TPSA) is 108 Å². The standard InChI is InChI=1S/C18H23N3O4S2/c1-3-12-7-8-13-5-4-6-14(13)16(12)20-15(22)11-18(2,23)21-27(24,25)17-19-9-10-26-17/h7-10,21,23H,3-6,11H2,1-2H3,(H,20,22). The molecule has 0 fully saturated rings. The van der Waals surface area contributed by atoms with Crippen LogP contribution in [0.3, 0.4) is 0 Å². The molecule has 0 bridgehead atoms. The predicted molar refractivity (Wildman–Crippen MR) is 104 cm³/mol. The van der Waals surface area contributed by atoms with E-state index in [2.05, 4.69) is 21.1 Å². The van der Waals surface area contributed by atoms with Gasteiger partial charge >= 0.3 is 0 Å². The third kappa shape index (κ3) is 4.55. The van der Waals surface area contributed by atoms with Crippen molar-refractivity contribution >= 4 is 33.0 Å². The number of carbonyl (C=O) groups is 1. The molecule has 1 heterocycles. The summed E-state index contributed by atoms with van der Waals surface area (Å²) in [6.45, 7) is 3.28. The number of fused-ring (bicyclic) bond motifs is 1. The van der Waals surface area contributed by atoms with Crippen LogP contribution in [0.2, 0.25) is 0 Å². The molecule has 1 atom stereocenters. The molecule has 1 aromatic carbocycles. The highest BCUT2D eigenvalue weighted by atomic mass is 32.2. The maximum absolute atomic E-state index is 12.5. The molecule has 1 aliphatic rings. The minimum absolute atomic E-state index is 0.155. The molecule has 146 valence electrons. The summed E-state index contributed by atoms with van der Waals surface area (Å²) < 4.78 is 26.5. The molecule has 1 aromatic heterocycles. The number of anilines is 1. The van der Waals surface area contributed by atoms with E-state index in [-0.39, 0.29) is 4.34 Å². The number of nitrogens with one attached hydrogen (secondary N) is 2. The summed E-state index contributed by atoms with van der Waals surface area (Å²) in [5.74, 6) is -0.447. The molecule has 3 rings (SSSR count). The van der Waals surface area contributed by atoms with Gasteiger partial charge in [-0.05, 0) is 49.3 Å². The van der Waals surface area contributed by atoms with Gasteiger partial charge in [-0.1, -0.05) is 19.1 Å². The first-order valence-corrected chi connectivity index (χ1v) is 11.2. The summed E-state index contributed by atoms with van der Waals surface area (Å²) in [7, 11) is -3.99. The van der Waals surface area contributed by atoms with Crippen molar-refractivity contribution in [1.82, 2.24) is 9.71 Å². The Labute approximate surface area is 162 Å². The molecular weight excluding hydrogens is 386 g/mol. The maximum atomic E-state index is 12.5. The van der Waals surface area contributed by atoms with Crippen LogP contribution < -0.4 is 10.0 Å². The molecule has 9 heteroatoms. The van der Waals surface area contributed by atoms with Crippen LogP contribution in [0.25, 0.3) is 0 Å². The number of hydrogen-bond donors (Lipinski definition) is 3. The normalized spacial score (nSPS) is 16.0. The van der Waals surface area contributed by atoms with Crippen LogP contribution in [0.4, 0.5) is 5.69 Å². The highest BCUT2D eigenvalue weighted by molar-refractivity contribution is 7.91. The third-order valence-electron chi connectivity index (χ3n) is 4.51. The average Bonchev–Trinajstić information content (AvgIpc) is 3.25. The third-order valence-corrected chi connectivity index (χ3v) is 7.30. The summed E-state index contributed by atoms with van der Waals surface area (Å²) in [5.41, 5.74) is 2.28. The van der Waals surface area contributed by atoms with Crippen molar-refractivity contribution in [2.75, 3.05) is 5.32 Å². The Morgan fingerprint density at radius 3 is 2.81 bits per heavy atom. The number of aryl methyl sites for hydroxylation is 2. The number of thiazole rings is 1. The van der Waals surface area contributed by atoms with Gasteiger partial charge < -0.3 is 10.4 Å². The average molecular weight is 410 g/mol. The van der Waals surface area contributed by atoms with Gasteiger partial charge in [0, 0.05) is 17.3 Å². The molecule has 0 aliphatic heterocycles. The van der Waals surface area contributed by atoms with Gasteiger partial charge in [0.05, 0.1) is 6.42 Å². The highest BCUT2D eigenvalue weighted by Gasteiger charge is 2.32. The quantitative estimate of drug-likeness (QED) is 0.608. The number of rotatable bonds is 7. The predicted octanol–water partition coefficient (Wildman–Crippen LogP) is 2.21. The lowest BCUT2D eigenvalue weighted by Gasteiger charge is -2.24. The summed E-state index contributed by atoms with van der Waals surface area (Å²) in [4.78, 5) is 16.3. The smallest absolute Gasteiger partial charge is 0.270 e. The van der Waals surface area contributed by atoms with Crippen molar-refractivity contribution in [2.45, 2.75) is 56.0 Å². The first-order valence-electron chi connectivity index (χ1n) is 8.81. The zero-order valence-corrected chi connectivity index (χ0v) is 16.9. The second-order valence-electron chi connectivity index (χ2n) is 6.85. The Hall–Kier alpha value is -1.81. The number of benzene rings is 1. The molecule has 0 radical (unpaired) electrons. The van der Waals surface area contributed by atoms with E-state index < -0.39 is 28.1 Å². The minimum Gasteiger partial charge on any atom is -0.375 e. The molecule has 0 spiro atoms. The SMILES string of the molecule is CCc1ccc2c(c1NC(=O)CC(C)(O)NS(=O)(=O)c1nccs1)CCC2. The van der Waals surface area contributed by atoms with E-state index in [1.165, 1.54) is 24.1 Å². The van der Waals surface area contributed by atoms with E-state index in [1.54, 1.807) is 0 Å². The fourth-order valence-electron chi connectivity index (χ4n) is 3.37. The van der Waals surface area contributed by atoms with Gasteiger partial charge in [-0.25, -0.2) is 13.4 Å². The van der Waals surface area contributed by atoms with Crippen molar-refractivity contribution < 1.29 is 18.3 Å². The van der Waals surface area contributed by atoms with Gasteiger partial charge in [0.25, 0.3) is 10.0 Å². The van der Waals surface area contributed by atoms with E-state index >= 15 is 0 Å². The Bertz CT molecular complexity index is 938. The van der Waals surface area contributed by atoms with Crippen LogP contribution in [0.5, 0.6) is 0 Å². The molecule has 0 saturated carbocycles. The minimum atomic E-state index is -3.99. The van der Waals surface area contributed by atoms with Crippen LogP contribution >= 0.6 is 11.3 Å². The van der Waals surface area contributed by atoms with Gasteiger partial charge in [0.2, 0.25) is 10.2 Å². The first-order chi connectivity index (χ1) is 12.7. The second kappa shape index (κ2) is 7.67. The van der Waals surface area contributed by atoms with Crippen LogP contribution in [-0.2, 0) is 34.1 Å². The number of sulfonamides is 1. The fraction of sp³-hybridized carbons (Fsp3) is 0.444. The summed E-state index contributed by atoms with van der Waals surface area (Å²) in [5, 5.41) is 14.9. The zero-order valence-electron chi connectivity index (χ0n) is 15.3. The molecule has 1 unspecified atom stereocenters. The van der Waals surface area contributed by atoms with Crippen molar-refractivity contribution in [2.24, 2.45) is 0 Å². The second-order valence-corrected chi connectivity index (χ2v) is 9.60. The monoisotopic (exact) mass is 409 g/mol. The van der Waals surface area contributed by atoms with Gasteiger partial charge in [-0.15, -0.1) is 11.3 Å². The number of aliphatic hydroxyl groups is 1. The van der Waals surface area contributed by atoms with E-state index in [4.69, 9.17) is 0 Å². The van der Waals surface area contributed by atoms with Crippen molar-refractivity contribution in [3.05, 3.63) is 40.4 Å². The van der Waals surface area contributed by atoms with E-state index in [9.17, 15) is 18.3 Å². The lowest BCUT2D eigenvalue weighted by Crippen LogP contribution is -2.48. The van der Waals surface area contributed by atoms with Crippen LogP contribution in [-0.4, -0.2) is 30.1 Å². The van der Waals surface area contributed by atoms with Gasteiger partial charge in [0.1, 0.15) is 5.72 Å². The van der Waals surface area contributed by atoms with Gasteiger partial charge in [0.15, 0.2) is 0 Å². The molecule has 0 saturated heterocycles. The molecule has 3 N–H and O–H groups in total. The lowest BCUT2D eigenvalue weighted by atomic mass is 10.0. The Balaban J connectivity index is 1.73. The fourth-order valence-corrected chi connectivity index (χ4v) is 5.47. The molecule has 1 aliphatic carbocycles. The number of hydrogen-bond acceptors (Lipinski definition) is 6. The lowest BCUT2D eigenvalue weighted by molar-refractivity contribution is -0.120. The Kier molecular flexibility index (Phi) is 5.66. The van der Waals surface area contributed by atoms with Gasteiger partial charge in [-0.3, -0.25) is 4.79 Å². The van der Waals surface area contributed by atoms with Crippen LogP contribution in [0.1, 0.15) is 43.4 Å². The van der Waals surface area contributed by atoms with E-state index in [1.807, 2.05) is 13.0 Å².